The maximum Gasteiger partial charge on any atom is 0.340 e. The van der Waals surface area contributed by atoms with Gasteiger partial charge in [-0.15, -0.1) is 0 Å². The Hall–Kier alpha value is -3.80. The number of hydrogen-bond donors (Lipinski definition) is 0. The summed E-state index contributed by atoms with van der Waals surface area (Å²) in [4.78, 5) is 63.3. The molecule has 0 amide bonds. The molecule has 0 N–H and O–H groups in total. The topological polar surface area (TPSA) is 132 Å². The van der Waals surface area contributed by atoms with Crippen molar-refractivity contribution in [3.8, 4) is 5.75 Å². The number of esters is 2. The third kappa shape index (κ3) is 7.65. The van der Waals surface area contributed by atoms with Crippen molar-refractivity contribution in [2.75, 3.05) is 13.2 Å². The summed E-state index contributed by atoms with van der Waals surface area (Å²) in [5, 5.41) is 0. The molecule has 0 unspecified atom stereocenters. The van der Waals surface area contributed by atoms with Crippen molar-refractivity contribution >= 4 is 17.8 Å². The van der Waals surface area contributed by atoms with E-state index in [2.05, 4.69) is 0 Å². The molecule has 1 aliphatic heterocycles. The first kappa shape index (κ1) is 30.7. The third-order valence-electron chi connectivity index (χ3n) is 6.34. The number of nitrogens with zero attached hydrogens (tertiary/aromatic N) is 2. The summed E-state index contributed by atoms with van der Waals surface area (Å²) < 4.78 is 37.8. The van der Waals surface area contributed by atoms with Gasteiger partial charge in [-0.3, -0.25) is 23.7 Å². The fourth-order valence-corrected chi connectivity index (χ4v) is 4.18. The van der Waals surface area contributed by atoms with Gasteiger partial charge in [0.05, 0.1) is 12.8 Å². The molecule has 1 aromatic carbocycles. The van der Waals surface area contributed by atoms with Gasteiger partial charge in [0.2, 0.25) is 5.82 Å². The monoisotopic (exact) mass is 562 g/mol. The molecule has 0 radical (unpaired) electrons. The van der Waals surface area contributed by atoms with E-state index in [0.717, 1.165) is 17.4 Å². The third-order valence-corrected chi connectivity index (χ3v) is 6.34. The number of benzene rings is 1. The van der Waals surface area contributed by atoms with E-state index in [0.29, 0.717) is 31.4 Å². The molecule has 40 heavy (non-hydrogen) atoms. The van der Waals surface area contributed by atoms with Crippen molar-refractivity contribution in [1.82, 2.24) is 9.13 Å². The molecule has 1 saturated heterocycles. The molecule has 2 heterocycles. The summed E-state index contributed by atoms with van der Waals surface area (Å²) in [7, 11) is 0. The standard InChI is InChI=1S/C28H35FN2O9/c1-4-7-9-24(32)38-17-22-21(40-25(33)10-8-5-2)15-23(39-22)30-16-20(29)27(35)31(28(30)36)26(34)18-11-13-19(14-12-18)37-6-3/h11-14,16,21-23H,4-10,15,17H2,1-3H3/t21-,22+,23+/m0/s1. The number of rotatable bonds is 13. The Kier molecular flexibility index (Phi) is 11.2. The van der Waals surface area contributed by atoms with Gasteiger partial charge >= 0.3 is 17.6 Å². The summed E-state index contributed by atoms with van der Waals surface area (Å²) in [6.07, 6.45) is 0.690. The second kappa shape index (κ2) is 14.5. The van der Waals surface area contributed by atoms with Crippen LogP contribution in [0, 0.1) is 5.82 Å². The van der Waals surface area contributed by atoms with Crippen molar-refractivity contribution in [2.45, 2.75) is 84.2 Å². The van der Waals surface area contributed by atoms with Crippen LogP contribution in [0.1, 0.15) is 82.3 Å². The SMILES string of the molecule is CCCCC(=O)OC[C@H]1O[C@@H](n2cc(F)c(=O)n(C(=O)c3ccc(OCC)cc3)c2=O)C[C@@H]1OC(=O)CCCC. The van der Waals surface area contributed by atoms with E-state index >= 15 is 0 Å². The van der Waals surface area contributed by atoms with Crippen LogP contribution in [0.2, 0.25) is 0 Å². The van der Waals surface area contributed by atoms with Crippen molar-refractivity contribution in [3.63, 3.8) is 0 Å². The number of ether oxygens (including phenoxy) is 4. The predicted molar refractivity (Wildman–Crippen MR) is 141 cm³/mol. The lowest BCUT2D eigenvalue weighted by Gasteiger charge is -2.19. The normalized spacial score (nSPS) is 18.4. The Morgan fingerprint density at radius 2 is 1.65 bits per heavy atom. The molecular weight excluding hydrogens is 527 g/mol. The van der Waals surface area contributed by atoms with Crippen LogP contribution >= 0.6 is 0 Å². The molecule has 0 aliphatic carbocycles. The van der Waals surface area contributed by atoms with Gasteiger partial charge in [-0.25, -0.2) is 4.79 Å². The van der Waals surface area contributed by atoms with Crippen LogP contribution in [0.4, 0.5) is 4.39 Å². The highest BCUT2D eigenvalue weighted by Crippen LogP contribution is 2.31. The number of hydrogen-bond acceptors (Lipinski definition) is 9. The van der Waals surface area contributed by atoms with Crippen LogP contribution in [0.3, 0.4) is 0 Å². The first-order chi connectivity index (χ1) is 19.2. The average Bonchev–Trinajstić information content (AvgIpc) is 3.34. The Morgan fingerprint density at radius 1 is 1.00 bits per heavy atom. The lowest BCUT2D eigenvalue weighted by Crippen LogP contribution is -2.46. The van der Waals surface area contributed by atoms with Crippen LogP contribution in [-0.4, -0.2) is 52.4 Å². The molecule has 11 nitrogen and oxygen atoms in total. The lowest BCUT2D eigenvalue weighted by molar-refractivity contribution is -0.158. The lowest BCUT2D eigenvalue weighted by atomic mass is 10.1. The van der Waals surface area contributed by atoms with E-state index in [1.807, 2.05) is 13.8 Å². The molecule has 3 rings (SSSR count). The molecular formula is C28H35FN2O9. The van der Waals surface area contributed by atoms with Gasteiger partial charge in [-0.2, -0.15) is 8.96 Å². The van der Waals surface area contributed by atoms with Crippen LogP contribution in [-0.2, 0) is 23.8 Å². The Labute approximate surface area is 230 Å². The maximum atomic E-state index is 14.8. The Balaban J connectivity index is 1.89. The first-order valence-corrected chi connectivity index (χ1v) is 13.5. The zero-order chi connectivity index (χ0) is 29.2. The van der Waals surface area contributed by atoms with Crippen molar-refractivity contribution in [2.24, 2.45) is 0 Å². The van der Waals surface area contributed by atoms with E-state index in [-0.39, 0.29) is 36.0 Å². The Bertz CT molecular complexity index is 1300. The van der Waals surface area contributed by atoms with E-state index in [9.17, 15) is 28.4 Å². The fourth-order valence-electron chi connectivity index (χ4n) is 4.18. The number of unbranched alkanes of at least 4 members (excludes halogenated alkanes) is 2. The molecule has 218 valence electrons. The highest BCUT2D eigenvalue weighted by Gasteiger charge is 2.41. The minimum atomic E-state index is -1.41. The highest BCUT2D eigenvalue weighted by atomic mass is 19.1. The average molecular weight is 563 g/mol. The van der Waals surface area contributed by atoms with Crippen LogP contribution in [0.15, 0.2) is 40.1 Å². The maximum absolute atomic E-state index is 14.8. The minimum Gasteiger partial charge on any atom is -0.494 e. The summed E-state index contributed by atoms with van der Waals surface area (Å²) >= 11 is 0. The molecule has 1 aliphatic rings. The van der Waals surface area contributed by atoms with Crippen molar-refractivity contribution in [1.29, 1.82) is 0 Å². The largest absolute Gasteiger partial charge is 0.494 e. The molecule has 0 spiro atoms. The zero-order valence-corrected chi connectivity index (χ0v) is 22.9. The molecule has 0 bridgehead atoms. The highest BCUT2D eigenvalue weighted by molar-refractivity contribution is 5.95. The smallest absolute Gasteiger partial charge is 0.340 e. The second-order valence-electron chi connectivity index (χ2n) is 9.35. The van der Waals surface area contributed by atoms with Gasteiger partial charge in [-0.1, -0.05) is 26.7 Å². The van der Waals surface area contributed by atoms with Gasteiger partial charge in [0.25, 0.3) is 11.5 Å². The first-order valence-electron chi connectivity index (χ1n) is 13.5. The molecule has 1 fully saturated rings. The summed E-state index contributed by atoms with van der Waals surface area (Å²) in [6.45, 7) is 5.78. The fraction of sp³-hybridized carbons (Fsp3) is 0.536. The number of halogens is 1. The number of carbonyl (C=O) groups excluding carboxylic acids is 3. The second-order valence-corrected chi connectivity index (χ2v) is 9.35. The Morgan fingerprint density at radius 3 is 2.27 bits per heavy atom. The number of aromatic nitrogens is 2. The number of carbonyl (C=O) groups is 3. The quantitative estimate of drug-likeness (QED) is 0.337. The van der Waals surface area contributed by atoms with Crippen molar-refractivity contribution in [3.05, 3.63) is 62.7 Å². The zero-order valence-electron chi connectivity index (χ0n) is 22.9. The van der Waals surface area contributed by atoms with E-state index < -0.39 is 53.3 Å². The molecule has 12 heteroatoms. The molecule has 3 atom stereocenters. The van der Waals surface area contributed by atoms with E-state index in [1.165, 1.54) is 24.3 Å². The van der Waals surface area contributed by atoms with Gasteiger partial charge < -0.3 is 18.9 Å². The van der Waals surface area contributed by atoms with Crippen LogP contribution < -0.4 is 16.0 Å². The predicted octanol–water partition coefficient (Wildman–Crippen LogP) is 3.36. The van der Waals surface area contributed by atoms with Gasteiger partial charge in [0, 0.05) is 24.8 Å². The molecule has 0 saturated carbocycles. The van der Waals surface area contributed by atoms with E-state index in [1.54, 1.807) is 6.92 Å². The minimum absolute atomic E-state index is 0.0354. The van der Waals surface area contributed by atoms with Gasteiger partial charge in [0.15, 0.2) is 0 Å². The van der Waals surface area contributed by atoms with Gasteiger partial charge in [0.1, 0.15) is 30.8 Å². The molecule has 2 aromatic rings. The van der Waals surface area contributed by atoms with Gasteiger partial charge in [-0.05, 0) is 44.0 Å². The van der Waals surface area contributed by atoms with Crippen LogP contribution in [0.25, 0.3) is 0 Å². The van der Waals surface area contributed by atoms with Crippen LogP contribution in [0.5, 0.6) is 5.75 Å². The molecule has 1 aromatic heterocycles. The van der Waals surface area contributed by atoms with Crippen molar-refractivity contribution < 1.29 is 37.7 Å². The summed E-state index contributed by atoms with van der Waals surface area (Å²) in [5.74, 6) is -2.86. The summed E-state index contributed by atoms with van der Waals surface area (Å²) in [5.41, 5.74) is -2.58. The summed E-state index contributed by atoms with van der Waals surface area (Å²) in [6, 6.07) is 5.69. The van der Waals surface area contributed by atoms with E-state index in [4.69, 9.17) is 18.9 Å².